The Morgan fingerprint density at radius 2 is 2.25 bits per heavy atom. The van der Waals surface area contributed by atoms with Crippen molar-refractivity contribution in [3.8, 4) is 0 Å². The number of rotatable bonds is 6. The quantitative estimate of drug-likeness (QED) is 0.801. The van der Waals surface area contributed by atoms with Gasteiger partial charge in [0.05, 0.1) is 6.61 Å². The first-order valence-corrected chi connectivity index (χ1v) is 8.79. The Morgan fingerprint density at radius 3 is 2.85 bits per heavy atom. The molecule has 1 aliphatic rings. The maximum Gasteiger partial charge on any atom is 0.252 e. The van der Waals surface area contributed by atoms with Crippen LogP contribution >= 0.6 is 11.3 Å². The first-order valence-electron chi connectivity index (χ1n) is 6.53. The average molecular weight is 316 g/mol. The molecular weight excluding hydrogens is 296 g/mol. The fourth-order valence-corrected chi connectivity index (χ4v) is 5.03. The fourth-order valence-electron chi connectivity index (χ4n) is 2.13. The van der Waals surface area contributed by atoms with Crippen molar-refractivity contribution >= 4 is 21.4 Å². The Balaban J connectivity index is 2.11. The van der Waals surface area contributed by atoms with Gasteiger partial charge in [-0.15, -0.1) is 11.3 Å². The van der Waals surface area contributed by atoms with E-state index in [4.69, 9.17) is 10.5 Å². The van der Waals surface area contributed by atoms with Gasteiger partial charge in [-0.25, -0.2) is 8.42 Å². The summed E-state index contributed by atoms with van der Waals surface area (Å²) in [6, 6.07) is 3.53. The largest absolute Gasteiger partial charge is 0.380 e. The van der Waals surface area contributed by atoms with Gasteiger partial charge >= 0.3 is 0 Å². The van der Waals surface area contributed by atoms with Crippen LogP contribution in [-0.2, 0) is 21.2 Å². The van der Waals surface area contributed by atoms with Crippen molar-refractivity contribution in [2.45, 2.75) is 17.1 Å². The number of nitrogens with two attached hydrogens (primary N) is 1. The van der Waals surface area contributed by atoms with Crippen LogP contribution in [-0.4, -0.2) is 46.1 Å². The Bertz CT molecular complexity index is 578. The molecule has 1 aromatic heterocycles. The van der Waals surface area contributed by atoms with E-state index >= 15 is 0 Å². The summed E-state index contributed by atoms with van der Waals surface area (Å²) in [6.07, 6.45) is 3.39. The molecular formula is C13H20N2O3S2. The Morgan fingerprint density at radius 1 is 1.45 bits per heavy atom. The third kappa shape index (κ3) is 3.48. The van der Waals surface area contributed by atoms with Crippen molar-refractivity contribution in [1.29, 1.82) is 0 Å². The molecule has 0 saturated heterocycles. The fraction of sp³-hybridized carbons (Fsp3) is 0.538. The Kier molecular flexibility index (Phi) is 5.34. The van der Waals surface area contributed by atoms with Gasteiger partial charge in [0.2, 0.25) is 0 Å². The number of hydrogen-bond acceptors (Lipinski definition) is 5. The normalized spacial score (nSPS) is 17.2. The lowest BCUT2D eigenvalue weighted by Gasteiger charge is -2.25. The van der Waals surface area contributed by atoms with Gasteiger partial charge in [0.25, 0.3) is 10.0 Å². The van der Waals surface area contributed by atoms with Gasteiger partial charge in [-0.3, -0.25) is 0 Å². The molecule has 1 aliphatic heterocycles. The highest BCUT2D eigenvalue weighted by atomic mass is 32.2. The number of ether oxygens (including phenoxy) is 1. The summed E-state index contributed by atoms with van der Waals surface area (Å²) in [5.41, 5.74) is 6.65. The molecule has 1 aromatic rings. The molecule has 0 fully saturated rings. The summed E-state index contributed by atoms with van der Waals surface area (Å²) in [4.78, 5) is 1.01. The molecule has 0 aliphatic carbocycles. The Hall–Kier alpha value is -0.730. The van der Waals surface area contributed by atoms with Crippen molar-refractivity contribution in [3.63, 3.8) is 0 Å². The molecule has 0 spiro atoms. The van der Waals surface area contributed by atoms with Crippen LogP contribution in [0.5, 0.6) is 0 Å². The predicted octanol–water partition coefficient (Wildman–Crippen LogP) is 1.22. The van der Waals surface area contributed by atoms with Crippen molar-refractivity contribution in [2.24, 2.45) is 5.73 Å². The van der Waals surface area contributed by atoms with Crippen LogP contribution in [0.2, 0.25) is 0 Å². The zero-order valence-electron chi connectivity index (χ0n) is 11.5. The summed E-state index contributed by atoms with van der Waals surface area (Å²) >= 11 is 1.31. The van der Waals surface area contributed by atoms with Gasteiger partial charge in [0.1, 0.15) is 4.21 Å². The summed E-state index contributed by atoms with van der Waals surface area (Å²) in [6.45, 7) is 2.05. The molecule has 0 radical (unpaired) electrons. The lowest BCUT2D eigenvalue weighted by Crippen LogP contribution is -2.34. The molecule has 20 heavy (non-hydrogen) atoms. The van der Waals surface area contributed by atoms with Gasteiger partial charge in [-0.05, 0) is 37.1 Å². The van der Waals surface area contributed by atoms with Crippen LogP contribution in [0, 0.1) is 0 Å². The van der Waals surface area contributed by atoms with Crippen LogP contribution in [0.15, 0.2) is 28.0 Å². The van der Waals surface area contributed by atoms with E-state index in [0.717, 1.165) is 23.3 Å². The number of sulfonamides is 1. The van der Waals surface area contributed by atoms with Gasteiger partial charge in [0, 0.05) is 25.1 Å². The molecule has 7 heteroatoms. The minimum atomic E-state index is -3.37. The van der Waals surface area contributed by atoms with E-state index in [1.165, 1.54) is 15.6 Å². The van der Waals surface area contributed by atoms with Gasteiger partial charge in [-0.2, -0.15) is 4.31 Å². The third-order valence-electron chi connectivity index (χ3n) is 3.22. The molecule has 0 atom stereocenters. The topological polar surface area (TPSA) is 72.6 Å². The van der Waals surface area contributed by atoms with E-state index in [1.54, 1.807) is 13.2 Å². The van der Waals surface area contributed by atoms with Gasteiger partial charge < -0.3 is 10.5 Å². The van der Waals surface area contributed by atoms with Crippen molar-refractivity contribution in [3.05, 3.63) is 28.7 Å². The predicted molar refractivity (Wildman–Crippen MR) is 80.4 cm³/mol. The number of hydrogen-bond donors (Lipinski definition) is 1. The Labute approximate surface area is 124 Å². The number of nitrogens with zero attached hydrogens (tertiary/aromatic N) is 1. The molecule has 2 rings (SSSR count). The standard InChI is InChI=1S/C13H20N2O3S2/c1-18-10-11-5-8-15(9-6-11)20(16,17)13-3-2-12(19-13)4-7-14/h2-3,5H,4,6-10,14H2,1H3. The number of methoxy groups -OCH3 is 1. The second kappa shape index (κ2) is 6.82. The van der Waals surface area contributed by atoms with E-state index in [0.29, 0.717) is 30.5 Å². The second-order valence-corrected chi connectivity index (χ2v) is 8.00. The highest BCUT2D eigenvalue weighted by Crippen LogP contribution is 2.27. The summed E-state index contributed by atoms with van der Waals surface area (Å²) in [5.74, 6) is 0. The first-order chi connectivity index (χ1) is 9.57. The molecule has 0 aromatic carbocycles. The highest BCUT2D eigenvalue weighted by molar-refractivity contribution is 7.91. The minimum Gasteiger partial charge on any atom is -0.380 e. The van der Waals surface area contributed by atoms with Crippen molar-refractivity contribution in [1.82, 2.24) is 4.31 Å². The zero-order valence-corrected chi connectivity index (χ0v) is 13.2. The van der Waals surface area contributed by atoms with Gasteiger partial charge in [0.15, 0.2) is 0 Å². The molecule has 0 amide bonds. The van der Waals surface area contributed by atoms with Crippen molar-refractivity contribution in [2.75, 3.05) is 33.4 Å². The second-order valence-electron chi connectivity index (χ2n) is 4.67. The smallest absolute Gasteiger partial charge is 0.252 e. The summed E-state index contributed by atoms with van der Waals surface area (Å²) < 4.78 is 32.0. The monoisotopic (exact) mass is 316 g/mol. The highest BCUT2D eigenvalue weighted by Gasteiger charge is 2.27. The molecule has 112 valence electrons. The average Bonchev–Trinajstić information content (AvgIpc) is 2.90. The molecule has 5 nitrogen and oxygen atoms in total. The molecule has 0 unspecified atom stereocenters. The maximum atomic E-state index is 12.5. The minimum absolute atomic E-state index is 0.407. The van der Waals surface area contributed by atoms with E-state index in [-0.39, 0.29) is 0 Å². The van der Waals surface area contributed by atoms with Crippen LogP contribution < -0.4 is 5.73 Å². The summed E-state index contributed by atoms with van der Waals surface area (Å²) in [7, 11) is -1.72. The lowest BCUT2D eigenvalue weighted by molar-refractivity contribution is 0.219. The van der Waals surface area contributed by atoms with E-state index in [2.05, 4.69) is 0 Å². The molecule has 0 bridgehead atoms. The molecule has 0 saturated carbocycles. The molecule has 2 N–H and O–H groups in total. The number of thiophene rings is 1. The zero-order chi connectivity index (χ0) is 14.6. The van der Waals surface area contributed by atoms with Crippen LogP contribution in [0.25, 0.3) is 0 Å². The summed E-state index contributed by atoms with van der Waals surface area (Å²) in [5, 5.41) is 0. The van der Waals surface area contributed by atoms with E-state index in [9.17, 15) is 8.42 Å². The lowest BCUT2D eigenvalue weighted by atomic mass is 10.1. The SMILES string of the molecule is COCC1=CCN(S(=O)(=O)c2ccc(CCN)s2)CC1. The maximum absolute atomic E-state index is 12.5. The van der Waals surface area contributed by atoms with Gasteiger partial charge in [-0.1, -0.05) is 6.08 Å². The van der Waals surface area contributed by atoms with Crippen LogP contribution in [0.1, 0.15) is 11.3 Å². The first kappa shape index (κ1) is 15.7. The van der Waals surface area contributed by atoms with Crippen LogP contribution in [0.3, 0.4) is 0 Å². The van der Waals surface area contributed by atoms with Crippen molar-refractivity contribution < 1.29 is 13.2 Å². The van der Waals surface area contributed by atoms with E-state index < -0.39 is 10.0 Å². The molecule has 2 heterocycles. The van der Waals surface area contributed by atoms with Crippen LogP contribution in [0.4, 0.5) is 0 Å². The third-order valence-corrected chi connectivity index (χ3v) is 6.70. The van der Waals surface area contributed by atoms with E-state index in [1.807, 2.05) is 12.1 Å².